The molecule has 0 aliphatic heterocycles. The summed E-state index contributed by atoms with van der Waals surface area (Å²) in [7, 11) is 0. The van der Waals surface area contributed by atoms with Crippen LogP contribution < -0.4 is 5.73 Å². The topological polar surface area (TPSA) is 76.2 Å². The second kappa shape index (κ2) is 6.15. The molecule has 3 aromatic heterocycles. The van der Waals surface area contributed by atoms with E-state index in [-0.39, 0.29) is 10.6 Å². The number of nitrogens with two attached hydrogens (primary N) is 1. The summed E-state index contributed by atoms with van der Waals surface area (Å²) in [6.45, 7) is 0. The molecule has 0 saturated carbocycles. The Morgan fingerprint density at radius 1 is 1.20 bits per heavy atom. The number of aromatic carboxylic acids is 1. The average molecular weight is 387 g/mol. The number of thiophene rings is 2. The van der Waals surface area contributed by atoms with Crippen LogP contribution in [0, 0.1) is 0 Å². The van der Waals surface area contributed by atoms with E-state index in [2.05, 4.69) is 4.98 Å². The summed E-state index contributed by atoms with van der Waals surface area (Å²) in [5.41, 5.74) is 8.96. The Kier molecular flexibility index (Phi) is 3.95. The highest BCUT2D eigenvalue weighted by Crippen LogP contribution is 2.41. The molecule has 4 nitrogen and oxygen atoms in total. The van der Waals surface area contributed by atoms with Crippen LogP contribution in [0.25, 0.3) is 31.9 Å². The molecule has 0 fully saturated rings. The summed E-state index contributed by atoms with van der Waals surface area (Å²) in [5, 5.41) is 12.7. The third-order valence-electron chi connectivity index (χ3n) is 3.82. The number of carboxylic acid groups (broad SMARTS) is 1. The van der Waals surface area contributed by atoms with E-state index in [1.807, 2.05) is 35.7 Å². The lowest BCUT2D eigenvalue weighted by Gasteiger charge is -2.08. The molecule has 0 aliphatic rings. The third-order valence-corrected chi connectivity index (χ3v) is 6.05. The molecule has 0 saturated heterocycles. The van der Waals surface area contributed by atoms with Crippen LogP contribution in [0.1, 0.15) is 9.67 Å². The highest BCUT2D eigenvalue weighted by molar-refractivity contribution is 7.21. The van der Waals surface area contributed by atoms with Crippen LogP contribution in [-0.4, -0.2) is 16.1 Å². The Morgan fingerprint density at radius 2 is 1.96 bits per heavy atom. The van der Waals surface area contributed by atoms with Crippen molar-refractivity contribution < 1.29 is 9.90 Å². The van der Waals surface area contributed by atoms with E-state index < -0.39 is 5.97 Å². The summed E-state index contributed by atoms with van der Waals surface area (Å²) in [6, 6.07) is 13.3. The zero-order chi connectivity index (χ0) is 17.6. The van der Waals surface area contributed by atoms with Gasteiger partial charge >= 0.3 is 5.97 Å². The Balaban J connectivity index is 2.06. The lowest BCUT2D eigenvalue weighted by atomic mass is 10.0. The van der Waals surface area contributed by atoms with Crippen molar-refractivity contribution in [3.8, 4) is 21.7 Å². The van der Waals surface area contributed by atoms with Crippen molar-refractivity contribution >= 4 is 56.1 Å². The normalized spacial score (nSPS) is 11.1. The van der Waals surface area contributed by atoms with Crippen molar-refractivity contribution in [3.63, 3.8) is 0 Å². The molecular formula is C18H11ClN2O2S2. The predicted octanol–water partition coefficient (Wildman–Crippen LogP) is 5.63. The van der Waals surface area contributed by atoms with Gasteiger partial charge in [-0.3, -0.25) is 0 Å². The van der Waals surface area contributed by atoms with Gasteiger partial charge in [0.2, 0.25) is 0 Å². The van der Waals surface area contributed by atoms with E-state index in [4.69, 9.17) is 17.3 Å². The maximum Gasteiger partial charge on any atom is 0.348 e. The number of halogens is 1. The number of pyridine rings is 1. The van der Waals surface area contributed by atoms with E-state index in [0.717, 1.165) is 33.0 Å². The van der Waals surface area contributed by atoms with E-state index >= 15 is 0 Å². The Hall–Kier alpha value is -2.41. The van der Waals surface area contributed by atoms with E-state index in [9.17, 15) is 9.90 Å². The molecule has 0 atom stereocenters. The van der Waals surface area contributed by atoms with Crippen LogP contribution in [-0.2, 0) is 0 Å². The standard InChI is InChI=1S/C18H11ClN2O2S2/c19-10-5-3-9(4-6-10)11-8-12(13-2-1-7-24-13)21-17-14(11)15(20)16(25-17)18(22)23/h1-8H,20H2,(H,22,23). The minimum absolute atomic E-state index is 0.112. The molecule has 3 N–H and O–H groups in total. The SMILES string of the molecule is Nc1c(C(=O)O)sc2nc(-c3cccs3)cc(-c3ccc(Cl)cc3)c12. The largest absolute Gasteiger partial charge is 0.477 e. The summed E-state index contributed by atoms with van der Waals surface area (Å²) >= 11 is 8.68. The van der Waals surface area contributed by atoms with Crippen molar-refractivity contribution in [3.05, 3.63) is 57.7 Å². The van der Waals surface area contributed by atoms with Gasteiger partial charge in [0.05, 0.1) is 16.3 Å². The summed E-state index contributed by atoms with van der Waals surface area (Å²) in [4.78, 5) is 17.9. The number of hydrogen-bond donors (Lipinski definition) is 2. The van der Waals surface area contributed by atoms with Crippen LogP contribution in [0.2, 0.25) is 5.02 Å². The molecule has 7 heteroatoms. The van der Waals surface area contributed by atoms with Gasteiger partial charge in [0.25, 0.3) is 0 Å². The van der Waals surface area contributed by atoms with E-state index in [1.165, 1.54) is 0 Å². The Bertz CT molecular complexity index is 1090. The maximum atomic E-state index is 11.5. The molecule has 0 bridgehead atoms. The van der Waals surface area contributed by atoms with Crippen LogP contribution in [0.4, 0.5) is 5.69 Å². The molecule has 0 aliphatic carbocycles. The van der Waals surface area contributed by atoms with Crippen molar-refractivity contribution in [2.45, 2.75) is 0 Å². The predicted molar refractivity (Wildman–Crippen MR) is 105 cm³/mol. The molecular weight excluding hydrogens is 376 g/mol. The number of nitrogens with zero attached hydrogens (tertiary/aromatic N) is 1. The third kappa shape index (κ3) is 2.78. The molecule has 3 heterocycles. The molecule has 25 heavy (non-hydrogen) atoms. The van der Waals surface area contributed by atoms with Gasteiger partial charge in [0.15, 0.2) is 0 Å². The molecule has 0 spiro atoms. The molecule has 124 valence electrons. The quantitative estimate of drug-likeness (QED) is 0.478. The van der Waals surface area contributed by atoms with Gasteiger partial charge < -0.3 is 10.8 Å². The van der Waals surface area contributed by atoms with Crippen molar-refractivity contribution in [1.82, 2.24) is 4.98 Å². The van der Waals surface area contributed by atoms with Gasteiger partial charge in [-0.25, -0.2) is 9.78 Å². The molecule has 4 aromatic rings. The van der Waals surface area contributed by atoms with Gasteiger partial charge in [-0.05, 0) is 40.8 Å². The first-order valence-electron chi connectivity index (χ1n) is 7.30. The monoisotopic (exact) mass is 386 g/mol. The van der Waals surface area contributed by atoms with Gasteiger partial charge in [-0.15, -0.1) is 22.7 Å². The second-order valence-electron chi connectivity index (χ2n) is 5.37. The van der Waals surface area contributed by atoms with Crippen LogP contribution >= 0.6 is 34.3 Å². The first-order valence-corrected chi connectivity index (χ1v) is 9.38. The first-order chi connectivity index (χ1) is 12.0. The fourth-order valence-electron chi connectivity index (χ4n) is 2.69. The number of hydrogen-bond acceptors (Lipinski definition) is 5. The summed E-state index contributed by atoms with van der Waals surface area (Å²) in [5.74, 6) is -1.04. The minimum Gasteiger partial charge on any atom is -0.477 e. The summed E-state index contributed by atoms with van der Waals surface area (Å²) < 4.78 is 0. The molecule has 1 aromatic carbocycles. The lowest BCUT2D eigenvalue weighted by molar-refractivity contribution is 0.0703. The number of nitrogen functional groups attached to an aromatic ring is 1. The van der Waals surface area contributed by atoms with Crippen LogP contribution in [0.15, 0.2) is 47.8 Å². The smallest absolute Gasteiger partial charge is 0.348 e. The highest BCUT2D eigenvalue weighted by Gasteiger charge is 2.21. The number of anilines is 1. The number of rotatable bonds is 3. The molecule has 0 radical (unpaired) electrons. The van der Waals surface area contributed by atoms with E-state index in [1.54, 1.807) is 23.5 Å². The maximum absolute atomic E-state index is 11.5. The van der Waals surface area contributed by atoms with Crippen molar-refractivity contribution in [2.24, 2.45) is 0 Å². The fourth-order valence-corrected chi connectivity index (χ4v) is 4.46. The van der Waals surface area contributed by atoms with Gasteiger partial charge in [-0.1, -0.05) is 29.8 Å². The highest BCUT2D eigenvalue weighted by atomic mass is 35.5. The average Bonchev–Trinajstić information content (AvgIpc) is 3.23. The zero-order valence-electron chi connectivity index (χ0n) is 12.7. The molecule has 0 amide bonds. The number of fused-ring (bicyclic) bond motifs is 1. The van der Waals surface area contributed by atoms with Crippen LogP contribution in [0.3, 0.4) is 0 Å². The first kappa shape index (κ1) is 16.1. The minimum atomic E-state index is -1.04. The number of benzene rings is 1. The number of aromatic nitrogens is 1. The van der Waals surface area contributed by atoms with Crippen molar-refractivity contribution in [2.75, 3.05) is 5.73 Å². The van der Waals surface area contributed by atoms with Gasteiger partial charge in [0.1, 0.15) is 9.71 Å². The number of carbonyl (C=O) groups is 1. The van der Waals surface area contributed by atoms with Gasteiger partial charge in [-0.2, -0.15) is 0 Å². The van der Waals surface area contributed by atoms with Gasteiger partial charge in [0, 0.05) is 10.4 Å². The Morgan fingerprint density at radius 3 is 2.60 bits per heavy atom. The fraction of sp³-hybridized carbons (Fsp3) is 0. The zero-order valence-corrected chi connectivity index (χ0v) is 15.1. The molecule has 0 unspecified atom stereocenters. The van der Waals surface area contributed by atoms with Crippen LogP contribution in [0.5, 0.6) is 0 Å². The summed E-state index contributed by atoms with van der Waals surface area (Å²) in [6.07, 6.45) is 0. The second-order valence-corrected chi connectivity index (χ2v) is 7.75. The number of carboxylic acids is 1. The van der Waals surface area contributed by atoms with E-state index in [0.29, 0.717) is 15.2 Å². The molecule has 4 rings (SSSR count). The lowest BCUT2D eigenvalue weighted by Crippen LogP contribution is -1.97. The van der Waals surface area contributed by atoms with Crippen molar-refractivity contribution in [1.29, 1.82) is 0 Å². The Labute approximate surface area is 156 Å².